The standard InChI is InChI=1S/C24H29F3N2O4/c25-18-11-19(26)13-20(12-18)33-17-24(31)15-28(9-10-32-16-24)14-23(30)5-7-29(8-6-23)22-4-2-1-3-21(22)27/h1-4,11-13,30-31H,5-10,14-17H2. The van der Waals surface area contributed by atoms with Gasteiger partial charge in [-0.2, -0.15) is 0 Å². The van der Waals surface area contributed by atoms with Crippen molar-refractivity contribution in [1.29, 1.82) is 0 Å². The van der Waals surface area contributed by atoms with Crippen LogP contribution in [-0.2, 0) is 4.74 Å². The normalized spacial score (nSPS) is 23.8. The van der Waals surface area contributed by atoms with Crippen LogP contribution in [0, 0.1) is 17.5 Å². The van der Waals surface area contributed by atoms with Crippen molar-refractivity contribution >= 4 is 5.69 Å². The van der Waals surface area contributed by atoms with Crippen molar-refractivity contribution in [2.24, 2.45) is 0 Å². The fourth-order valence-corrected chi connectivity index (χ4v) is 4.49. The fraction of sp³-hybridized carbons (Fsp3) is 0.500. The Kier molecular flexibility index (Phi) is 7.13. The first-order chi connectivity index (χ1) is 15.7. The number of para-hydroxylation sites is 1. The van der Waals surface area contributed by atoms with Crippen LogP contribution in [0.3, 0.4) is 0 Å². The molecule has 0 saturated carbocycles. The molecule has 0 aliphatic carbocycles. The minimum atomic E-state index is -1.41. The predicted molar refractivity (Wildman–Crippen MR) is 117 cm³/mol. The van der Waals surface area contributed by atoms with Crippen molar-refractivity contribution in [3.05, 3.63) is 59.9 Å². The lowest BCUT2D eigenvalue weighted by Crippen LogP contribution is -2.55. The maximum atomic E-state index is 14.1. The maximum Gasteiger partial charge on any atom is 0.146 e. The summed E-state index contributed by atoms with van der Waals surface area (Å²) in [5.41, 5.74) is -1.87. The van der Waals surface area contributed by atoms with Crippen molar-refractivity contribution in [3.8, 4) is 5.75 Å². The molecule has 33 heavy (non-hydrogen) atoms. The summed E-state index contributed by atoms with van der Waals surface area (Å²) in [7, 11) is 0. The van der Waals surface area contributed by atoms with E-state index < -0.39 is 22.8 Å². The third-order valence-corrected chi connectivity index (χ3v) is 6.19. The van der Waals surface area contributed by atoms with Gasteiger partial charge in [0.15, 0.2) is 0 Å². The molecule has 180 valence electrons. The third kappa shape index (κ3) is 6.17. The molecule has 0 bridgehead atoms. The van der Waals surface area contributed by atoms with Crippen LogP contribution < -0.4 is 9.64 Å². The first-order valence-corrected chi connectivity index (χ1v) is 11.1. The van der Waals surface area contributed by atoms with Gasteiger partial charge in [-0.05, 0) is 25.0 Å². The smallest absolute Gasteiger partial charge is 0.146 e. The first-order valence-electron chi connectivity index (χ1n) is 11.1. The van der Waals surface area contributed by atoms with E-state index in [-0.39, 0.29) is 31.3 Å². The summed E-state index contributed by atoms with van der Waals surface area (Å²) < 4.78 is 51.9. The topological polar surface area (TPSA) is 65.4 Å². The van der Waals surface area contributed by atoms with E-state index in [9.17, 15) is 23.4 Å². The lowest BCUT2D eigenvalue weighted by atomic mass is 9.90. The van der Waals surface area contributed by atoms with Crippen LogP contribution in [0.25, 0.3) is 0 Å². The zero-order valence-corrected chi connectivity index (χ0v) is 18.4. The van der Waals surface area contributed by atoms with E-state index in [4.69, 9.17) is 9.47 Å². The number of hydrogen-bond donors (Lipinski definition) is 2. The van der Waals surface area contributed by atoms with E-state index in [0.717, 1.165) is 18.2 Å². The van der Waals surface area contributed by atoms with Gasteiger partial charge in [-0.25, -0.2) is 13.2 Å². The van der Waals surface area contributed by atoms with E-state index in [1.807, 2.05) is 9.80 Å². The second-order valence-corrected chi connectivity index (χ2v) is 9.04. The van der Waals surface area contributed by atoms with Gasteiger partial charge in [-0.1, -0.05) is 12.1 Å². The molecule has 2 fully saturated rings. The zero-order chi connectivity index (χ0) is 23.5. The fourth-order valence-electron chi connectivity index (χ4n) is 4.49. The number of rotatable bonds is 6. The highest BCUT2D eigenvalue weighted by Crippen LogP contribution is 2.29. The molecule has 2 aliphatic heterocycles. The number of β-amino-alcohol motifs (C(OH)–C–C–N with tert-alkyl or cyclic N) is 2. The van der Waals surface area contributed by atoms with Gasteiger partial charge in [0.1, 0.15) is 35.4 Å². The van der Waals surface area contributed by atoms with Gasteiger partial charge in [0.05, 0.1) is 24.5 Å². The van der Waals surface area contributed by atoms with Gasteiger partial charge < -0.3 is 24.6 Å². The Morgan fingerprint density at radius 2 is 1.64 bits per heavy atom. The summed E-state index contributed by atoms with van der Waals surface area (Å²) in [5.74, 6) is -1.83. The average Bonchev–Trinajstić information content (AvgIpc) is 2.94. The van der Waals surface area contributed by atoms with Gasteiger partial charge >= 0.3 is 0 Å². The largest absolute Gasteiger partial charge is 0.490 e. The molecule has 1 atom stereocenters. The third-order valence-electron chi connectivity index (χ3n) is 6.19. The number of piperidine rings is 1. The molecule has 4 rings (SSSR count). The Bertz CT molecular complexity index is 935. The van der Waals surface area contributed by atoms with Gasteiger partial charge in [-0.15, -0.1) is 0 Å². The summed E-state index contributed by atoms with van der Waals surface area (Å²) in [6, 6.07) is 9.44. The SMILES string of the molecule is OC1(CN2CCOCC(O)(COc3cc(F)cc(F)c3)C2)CCN(c2ccccc2F)CC1. The molecule has 0 radical (unpaired) electrons. The molecule has 0 aromatic heterocycles. The van der Waals surface area contributed by atoms with E-state index in [2.05, 4.69) is 0 Å². The molecular weight excluding hydrogens is 437 g/mol. The predicted octanol–water partition coefficient (Wildman–Crippen LogP) is 2.58. The van der Waals surface area contributed by atoms with Crippen molar-refractivity contribution in [2.45, 2.75) is 24.0 Å². The highest BCUT2D eigenvalue weighted by atomic mass is 19.1. The lowest BCUT2D eigenvalue weighted by molar-refractivity contribution is -0.0743. The van der Waals surface area contributed by atoms with Gasteiger partial charge in [0.25, 0.3) is 0 Å². The van der Waals surface area contributed by atoms with Crippen LogP contribution >= 0.6 is 0 Å². The number of anilines is 1. The number of nitrogens with zero attached hydrogens (tertiary/aromatic N) is 2. The average molecular weight is 467 g/mol. The van der Waals surface area contributed by atoms with Gasteiger partial charge in [-0.3, -0.25) is 4.90 Å². The molecule has 2 aliphatic rings. The highest BCUT2D eigenvalue weighted by molar-refractivity contribution is 5.48. The van der Waals surface area contributed by atoms with Crippen LogP contribution in [0.1, 0.15) is 12.8 Å². The van der Waals surface area contributed by atoms with Crippen molar-refractivity contribution < 1.29 is 32.9 Å². The monoisotopic (exact) mass is 466 g/mol. The van der Waals surface area contributed by atoms with E-state index in [0.29, 0.717) is 51.3 Å². The second-order valence-electron chi connectivity index (χ2n) is 9.04. The number of aliphatic hydroxyl groups is 2. The maximum absolute atomic E-state index is 14.1. The Morgan fingerprint density at radius 3 is 2.33 bits per heavy atom. The van der Waals surface area contributed by atoms with E-state index >= 15 is 0 Å². The Balaban J connectivity index is 1.35. The summed E-state index contributed by atoms with van der Waals surface area (Å²) in [6.45, 7) is 2.18. The van der Waals surface area contributed by atoms with Crippen molar-refractivity contribution in [1.82, 2.24) is 4.90 Å². The molecule has 9 heteroatoms. The van der Waals surface area contributed by atoms with Crippen LogP contribution in [0.15, 0.2) is 42.5 Å². The molecule has 2 aromatic rings. The number of ether oxygens (including phenoxy) is 2. The van der Waals surface area contributed by atoms with Crippen LogP contribution in [-0.4, -0.2) is 78.9 Å². The Hall–Kier alpha value is -2.33. The van der Waals surface area contributed by atoms with Gasteiger partial charge in [0.2, 0.25) is 0 Å². The molecular formula is C24H29F3N2O4. The molecule has 0 spiro atoms. The molecule has 2 heterocycles. The number of halogens is 3. The quantitative estimate of drug-likeness (QED) is 0.683. The number of benzene rings is 2. The van der Waals surface area contributed by atoms with E-state index in [1.165, 1.54) is 6.07 Å². The molecule has 2 aromatic carbocycles. The van der Waals surface area contributed by atoms with Gasteiger partial charge in [0, 0.05) is 50.9 Å². The van der Waals surface area contributed by atoms with Crippen LogP contribution in [0.2, 0.25) is 0 Å². The summed E-state index contributed by atoms with van der Waals surface area (Å²) in [5, 5.41) is 22.2. The minimum absolute atomic E-state index is 0.000782. The minimum Gasteiger partial charge on any atom is -0.490 e. The zero-order valence-electron chi connectivity index (χ0n) is 18.4. The molecule has 1 unspecified atom stereocenters. The molecule has 2 N–H and O–H groups in total. The van der Waals surface area contributed by atoms with Crippen molar-refractivity contribution in [3.63, 3.8) is 0 Å². The highest BCUT2D eigenvalue weighted by Gasteiger charge is 2.39. The summed E-state index contributed by atoms with van der Waals surface area (Å²) >= 11 is 0. The molecule has 0 amide bonds. The molecule has 6 nitrogen and oxygen atoms in total. The van der Waals surface area contributed by atoms with Crippen LogP contribution in [0.4, 0.5) is 18.9 Å². The Morgan fingerprint density at radius 1 is 0.939 bits per heavy atom. The molecule has 2 saturated heterocycles. The first kappa shape index (κ1) is 23.8. The van der Waals surface area contributed by atoms with E-state index in [1.54, 1.807) is 18.2 Å². The van der Waals surface area contributed by atoms with Crippen molar-refractivity contribution in [2.75, 3.05) is 57.4 Å². The van der Waals surface area contributed by atoms with Crippen LogP contribution in [0.5, 0.6) is 5.75 Å². The summed E-state index contributed by atoms with van der Waals surface area (Å²) in [4.78, 5) is 3.85. The lowest BCUT2D eigenvalue weighted by Gasteiger charge is -2.42. The number of hydrogen-bond acceptors (Lipinski definition) is 6. The second kappa shape index (κ2) is 9.89. The Labute approximate surface area is 191 Å². The summed E-state index contributed by atoms with van der Waals surface area (Å²) in [6.07, 6.45) is 0.909.